The average molecular weight is 203 g/mol. The Bertz CT molecular complexity index is 346. The van der Waals surface area contributed by atoms with Crippen LogP contribution in [0.5, 0.6) is 0 Å². The summed E-state index contributed by atoms with van der Waals surface area (Å²) in [4.78, 5) is 6.68. The molecule has 0 spiro atoms. The smallest absolute Gasteiger partial charge is 0.0316 e. The molecule has 2 aliphatic rings. The van der Waals surface area contributed by atoms with Gasteiger partial charge in [-0.25, -0.2) is 0 Å². The van der Waals surface area contributed by atoms with Crippen molar-refractivity contribution in [3.63, 3.8) is 0 Å². The minimum absolute atomic E-state index is 0.454. The van der Waals surface area contributed by atoms with Crippen LogP contribution in [-0.4, -0.2) is 23.0 Å². The number of nitrogens with zero attached hydrogens (tertiary/aromatic N) is 2. The highest BCUT2D eigenvalue weighted by molar-refractivity contribution is 5.27. The molecule has 3 rings (SSSR count). The van der Waals surface area contributed by atoms with E-state index in [1.807, 2.05) is 12.4 Å². The summed E-state index contributed by atoms with van der Waals surface area (Å²) in [5, 5.41) is 0. The summed E-state index contributed by atoms with van der Waals surface area (Å²) in [5.74, 6) is 0. The zero-order chi connectivity index (χ0) is 10.3. The van der Waals surface area contributed by atoms with Gasteiger partial charge in [0.05, 0.1) is 0 Å². The summed E-state index contributed by atoms with van der Waals surface area (Å²) in [5.41, 5.74) is 9.10. The summed E-state index contributed by atoms with van der Waals surface area (Å²) in [6.45, 7) is 4.15. The zero-order valence-corrected chi connectivity index (χ0v) is 8.95. The lowest BCUT2D eigenvalue weighted by Crippen LogP contribution is -2.30. The van der Waals surface area contributed by atoms with E-state index in [4.69, 9.17) is 5.73 Å². The minimum atomic E-state index is 0.454. The van der Waals surface area contributed by atoms with Crippen molar-refractivity contribution in [2.45, 2.75) is 25.9 Å². The molecule has 2 heterocycles. The Morgan fingerprint density at radius 2 is 2.13 bits per heavy atom. The maximum Gasteiger partial charge on any atom is 0.0316 e. The number of nitrogens with two attached hydrogens (primary N) is 1. The van der Waals surface area contributed by atoms with Gasteiger partial charge in [0.1, 0.15) is 0 Å². The molecule has 3 heteroatoms. The SMILES string of the molecule is NCC1(CN2Cc3ccncc3C2)CC1. The van der Waals surface area contributed by atoms with Crippen LogP contribution < -0.4 is 5.73 Å². The quantitative estimate of drug-likeness (QED) is 0.801. The Balaban J connectivity index is 1.69. The molecule has 1 aliphatic carbocycles. The van der Waals surface area contributed by atoms with Crippen molar-refractivity contribution in [3.8, 4) is 0 Å². The van der Waals surface area contributed by atoms with Gasteiger partial charge in [-0.2, -0.15) is 0 Å². The van der Waals surface area contributed by atoms with Crippen LogP contribution in [0, 0.1) is 5.41 Å². The molecule has 0 atom stereocenters. The van der Waals surface area contributed by atoms with Crippen LogP contribution in [0.1, 0.15) is 24.0 Å². The average Bonchev–Trinajstić information content (AvgIpc) is 2.91. The maximum atomic E-state index is 5.81. The largest absolute Gasteiger partial charge is 0.330 e. The monoisotopic (exact) mass is 203 g/mol. The first-order valence-electron chi connectivity index (χ1n) is 5.66. The Hall–Kier alpha value is -0.930. The molecule has 0 radical (unpaired) electrons. The second-order valence-corrected chi connectivity index (χ2v) is 4.99. The van der Waals surface area contributed by atoms with E-state index in [2.05, 4.69) is 16.0 Å². The highest BCUT2D eigenvalue weighted by atomic mass is 15.2. The van der Waals surface area contributed by atoms with Crippen molar-refractivity contribution in [1.29, 1.82) is 0 Å². The first kappa shape index (κ1) is 9.31. The fraction of sp³-hybridized carbons (Fsp3) is 0.583. The van der Waals surface area contributed by atoms with Crippen LogP contribution in [0.2, 0.25) is 0 Å². The first-order chi connectivity index (χ1) is 7.31. The van der Waals surface area contributed by atoms with E-state index in [0.29, 0.717) is 5.41 Å². The van der Waals surface area contributed by atoms with E-state index >= 15 is 0 Å². The summed E-state index contributed by atoms with van der Waals surface area (Å²) < 4.78 is 0. The number of pyridine rings is 1. The van der Waals surface area contributed by atoms with Gasteiger partial charge < -0.3 is 5.73 Å². The first-order valence-corrected chi connectivity index (χ1v) is 5.66. The summed E-state index contributed by atoms with van der Waals surface area (Å²) >= 11 is 0. The zero-order valence-electron chi connectivity index (χ0n) is 8.95. The molecule has 0 unspecified atom stereocenters. The molecule has 15 heavy (non-hydrogen) atoms. The lowest BCUT2D eigenvalue weighted by atomic mass is 10.1. The molecular weight excluding hydrogens is 186 g/mol. The second-order valence-electron chi connectivity index (χ2n) is 4.99. The predicted molar refractivity (Wildman–Crippen MR) is 59.1 cm³/mol. The molecule has 2 N–H and O–H groups in total. The molecule has 3 nitrogen and oxygen atoms in total. The lowest BCUT2D eigenvalue weighted by Gasteiger charge is -2.21. The van der Waals surface area contributed by atoms with Gasteiger partial charge in [-0.3, -0.25) is 9.88 Å². The van der Waals surface area contributed by atoms with E-state index in [9.17, 15) is 0 Å². The summed E-state index contributed by atoms with van der Waals surface area (Å²) in [6, 6.07) is 2.14. The second kappa shape index (κ2) is 3.29. The van der Waals surface area contributed by atoms with E-state index < -0.39 is 0 Å². The van der Waals surface area contributed by atoms with Crippen LogP contribution in [0.4, 0.5) is 0 Å². The Labute approximate surface area is 90.3 Å². The van der Waals surface area contributed by atoms with Crippen LogP contribution >= 0.6 is 0 Å². The van der Waals surface area contributed by atoms with Gasteiger partial charge in [-0.15, -0.1) is 0 Å². The lowest BCUT2D eigenvalue weighted by molar-refractivity contribution is 0.226. The highest BCUT2D eigenvalue weighted by Gasteiger charge is 2.43. The van der Waals surface area contributed by atoms with Gasteiger partial charge in [0.25, 0.3) is 0 Å². The number of fused-ring (bicyclic) bond motifs is 1. The third-order valence-electron chi connectivity index (χ3n) is 3.74. The molecule has 0 saturated heterocycles. The van der Waals surface area contributed by atoms with E-state index in [1.54, 1.807) is 0 Å². The molecule has 1 aliphatic heterocycles. The van der Waals surface area contributed by atoms with Gasteiger partial charge in [0.2, 0.25) is 0 Å². The van der Waals surface area contributed by atoms with E-state index in [1.165, 1.54) is 24.0 Å². The van der Waals surface area contributed by atoms with Gasteiger partial charge in [-0.1, -0.05) is 0 Å². The third-order valence-corrected chi connectivity index (χ3v) is 3.74. The van der Waals surface area contributed by atoms with E-state index in [-0.39, 0.29) is 0 Å². The van der Waals surface area contributed by atoms with Crippen molar-refractivity contribution < 1.29 is 0 Å². The topological polar surface area (TPSA) is 42.1 Å². The van der Waals surface area contributed by atoms with Gasteiger partial charge in [0.15, 0.2) is 0 Å². The molecule has 80 valence electrons. The molecule has 0 aromatic carbocycles. The highest BCUT2D eigenvalue weighted by Crippen LogP contribution is 2.46. The molecular formula is C12H17N3. The summed E-state index contributed by atoms with van der Waals surface area (Å²) in [7, 11) is 0. The third kappa shape index (κ3) is 1.66. The van der Waals surface area contributed by atoms with Crippen molar-refractivity contribution >= 4 is 0 Å². The summed E-state index contributed by atoms with van der Waals surface area (Å²) in [6.07, 6.45) is 6.51. The van der Waals surface area contributed by atoms with E-state index in [0.717, 1.165) is 26.2 Å². The number of aromatic nitrogens is 1. The molecule has 1 aromatic heterocycles. The normalized spacial score (nSPS) is 22.7. The predicted octanol–water partition coefficient (Wildman–Crippen LogP) is 1.14. The van der Waals surface area contributed by atoms with Gasteiger partial charge >= 0.3 is 0 Å². The van der Waals surface area contributed by atoms with Crippen molar-refractivity contribution in [2.24, 2.45) is 11.1 Å². The fourth-order valence-electron chi connectivity index (χ4n) is 2.48. The van der Waals surface area contributed by atoms with Gasteiger partial charge in [0, 0.05) is 32.0 Å². The fourth-order valence-corrected chi connectivity index (χ4v) is 2.48. The standard InChI is InChI=1S/C12H17N3/c13-8-12(2-3-12)9-15-6-10-1-4-14-5-11(10)7-15/h1,4-5H,2-3,6-9,13H2. The van der Waals surface area contributed by atoms with Crippen molar-refractivity contribution in [2.75, 3.05) is 13.1 Å². The van der Waals surface area contributed by atoms with Crippen molar-refractivity contribution in [3.05, 3.63) is 29.6 Å². The molecule has 1 aromatic rings. The minimum Gasteiger partial charge on any atom is -0.330 e. The van der Waals surface area contributed by atoms with Crippen LogP contribution in [0.15, 0.2) is 18.5 Å². The van der Waals surface area contributed by atoms with Crippen LogP contribution in [0.3, 0.4) is 0 Å². The molecule has 1 saturated carbocycles. The maximum absolute atomic E-state index is 5.81. The van der Waals surface area contributed by atoms with Gasteiger partial charge in [-0.05, 0) is 42.0 Å². The number of hydrogen-bond acceptors (Lipinski definition) is 3. The Morgan fingerprint density at radius 3 is 2.80 bits per heavy atom. The number of rotatable bonds is 3. The molecule has 0 amide bonds. The Morgan fingerprint density at radius 1 is 1.33 bits per heavy atom. The van der Waals surface area contributed by atoms with Crippen LogP contribution in [0.25, 0.3) is 0 Å². The molecule has 1 fully saturated rings. The number of hydrogen-bond donors (Lipinski definition) is 1. The molecule has 0 bridgehead atoms. The Kier molecular flexibility index (Phi) is 2.04. The van der Waals surface area contributed by atoms with Crippen molar-refractivity contribution in [1.82, 2.24) is 9.88 Å². The van der Waals surface area contributed by atoms with Crippen LogP contribution in [-0.2, 0) is 13.1 Å².